The van der Waals surface area contributed by atoms with Crippen molar-refractivity contribution in [3.05, 3.63) is 52.3 Å². The predicted molar refractivity (Wildman–Crippen MR) is 94.7 cm³/mol. The molecule has 0 atom stereocenters. The van der Waals surface area contributed by atoms with Crippen LogP contribution in [0.25, 0.3) is 10.9 Å². The molecule has 3 heterocycles. The van der Waals surface area contributed by atoms with Gasteiger partial charge in [0.25, 0.3) is 5.91 Å². The second kappa shape index (κ2) is 6.23. The van der Waals surface area contributed by atoms with Gasteiger partial charge in [-0.05, 0) is 31.9 Å². The molecule has 0 aliphatic carbocycles. The Labute approximate surface area is 144 Å². The lowest BCUT2D eigenvalue weighted by Crippen LogP contribution is -2.39. The van der Waals surface area contributed by atoms with Gasteiger partial charge in [0.15, 0.2) is 0 Å². The summed E-state index contributed by atoms with van der Waals surface area (Å²) in [4.78, 5) is 28.9. The molecule has 1 aliphatic rings. The maximum atomic E-state index is 13.0. The van der Waals surface area contributed by atoms with Crippen LogP contribution in [0, 0.1) is 0 Å². The zero-order valence-corrected chi connectivity index (χ0v) is 14.2. The fraction of sp³-hybridized carbons (Fsp3) is 0.389. The third-order valence-corrected chi connectivity index (χ3v) is 5.03. The van der Waals surface area contributed by atoms with Crippen molar-refractivity contribution in [1.82, 2.24) is 24.6 Å². The molecule has 1 fully saturated rings. The van der Waals surface area contributed by atoms with Gasteiger partial charge in [-0.3, -0.25) is 9.78 Å². The topological polar surface area (TPSA) is 86.8 Å². The van der Waals surface area contributed by atoms with Crippen LogP contribution in [0.2, 0.25) is 0 Å². The highest BCUT2D eigenvalue weighted by Gasteiger charge is 2.28. The van der Waals surface area contributed by atoms with Crippen LogP contribution in [0.5, 0.6) is 0 Å². The summed E-state index contributed by atoms with van der Waals surface area (Å²) < 4.78 is 2.08. The molecule has 0 radical (unpaired) electrons. The van der Waals surface area contributed by atoms with Crippen molar-refractivity contribution in [3.63, 3.8) is 0 Å². The molecule has 2 aromatic heterocycles. The van der Waals surface area contributed by atoms with Crippen molar-refractivity contribution in [1.29, 1.82) is 0 Å². The van der Waals surface area contributed by atoms with Gasteiger partial charge in [-0.1, -0.05) is 18.2 Å². The summed E-state index contributed by atoms with van der Waals surface area (Å²) in [5, 5.41) is 7.53. The Balaban J connectivity index is 1.53. The van der Waals surface area contributed by atoms with E-state index in [0.717, 1.165) is 36.0 Å². The number of aromatic amines is 2. The van der Waals surface area contributed by atoms with Crippen LogP contribution >= 0.6 is 0 Å². The first-order chi connectivity index (χ1) is 12.2. The number of carbonyl (C=O) groups excluding carboxylic acids is 1. The Morgan fingerprint density at radius 2 is 2.04 bits per heavy atom. The number of likely N-dealkylation sites (tertiary alicyclic amines) is 1. The normalized spacial score (nSPS) is 15.8. The minimum atomic E-state index is -0.277. The molecule has 130 valence electrons. The molecule has 2 N–H and O–H groups in total. The smallest absolute Gasteiger partial charge is 0.337 e. The number of piperidine rings is 1. The first-order valence-corrected chi connectivity index (χ1v) is 8.69. The molecule has 4 rings (SSSR count). The highest BCUT2D eigenvalue weighted by molar-refractivity contribution is 5.98. The molecule has 0 unspecified atom stereocenters. The number of nitrogens with zero attached hydrogens (tertiary/aromatic N) is 3. The molecule has 3 aromatic rings. The van der Waals surface area contributed by atoms with Gasteiger partial charge in [-0.15, -0.1) is 0 Å². The lowest BCUT2D eigenvalue weighted by molar-refractivity contribution is 0.0701. The number of para-hydroxylation sites is 1. The van der Waals surface area contributed by atoms with E-state index in [4.69, 9.17) is 0 Å². The number of hydrogen-bond donors (Lipinski definition) is 2. The molecular formula is C18H21N5O2. The molecular weight excluding hydrogens is 318 g/mol. The van der Waals surface area contributed by atoms with Gasteiger partial charge in [0, 0.05) is 36.5 Å². The van der Waals surface area contributed by atoms with Crippen LogP contribution in [0.3, 0.4) is 0 Å². The SMILES string of the molecule is CCn1c(C(=O)N2CCC(c3n[nH]c(=O)[nH]3)CC2)cc2ccccc21. The molecule has 7 nitrogen and oxygen atoms in total. The van der Waals surface area contributed by atoms with E-state index in [9.17, 15) is 9.59 Å². The quantitative estimate of drug-likeness (QED) is 0.766. The minimum Gasteiger partial charge on any atom is -0.337 e. The number of aryl methyl sites for hydroxylation is 1. The zero-order chi connectivity index (χ0) is 17.4. The van der Waals surface area contributed by atoms with E-state index in [1.165, 1.54) is 0 Å². The van der Waals surface area contributed by atoms with Crippen LogP contribution in [0.15, 0.2) is 35.1 Å². The second-order valence-corrected chi connectivity index (χ2v) is 6.46. The van der Waals surface area contributed by atoms with Gasteiger partial charge in [-0.2, -0.15) is 5.10 Å². The first kappa shape index (κ1) is 15.7. The molecule has 0 bridgehead atoms. The molecule has 7 heteroatoms. The third-order valence-electron chi connectivity index (χ3n) is 5.03. The Hall–Kier alpha value is -2.83. The van der Waals surface area contributed by atoms with Gasteiger partial charge in [0.2, 0.25) is 0 Å². The maximum absolute atomic E-state index is 13.0. The van der Waals surface area contributed by atoms with Gasteiger partial charge in [0.1, 0.15) is 11.5 Å². The van der Waals surface area contributed by atoms with E-state index in [-0.39, 0.29) is 17.5 Å². The third kappa shape index (κ3) is 2.75. The summed E-state index contributed by atoms with van der Waals surface area (Å²) >= 11 is 0. The highest BCUT2D eigenvalue weighted by atomic mass is 16.2. The van der Waals surface area contributed by atoms with Crippen molar-refractivity contribution < 1.29 is 4.79 Å². The van der Waals surface area contributed by atoms with E-state index < -0.39 is 0 Å². The minimum absolute atomic E-state index is 0.0759. The monoisotopic (exact) mass is 339 g/mol. The van der Waals surface area contributed by atoms with Gasteiger partial charge in [-0.25, -0.2) is 9.89 Å². The van der Waals surface area contributed by atoms with E-state index in [1.807, 2.05) is 29.2 Å². The number of carbonyl (C=O) groups is 1. The van der Waals surface area contributed by atoms with E-state index in [2.05, 4.69) is 32.7 Å². The van der Waals surface area contributed by atoms with Crippen molar-refractivity contribution in [3.8, 4) is 0 Å². The fourth-order valence-corrected chi connectivity index (χ4v) is 3.72. The van der Waals surface area contributed by atoms with Crippen LogP contribution in [0.4, 0.5) is 0 Å². The van der Waals surface area contributed by atoms with Crippen LogP contribution in [-0.4, -0.2) is 43.6 Å². The highest BCUT2D eigenvalue weighted by Crippen LogP contribution is 2.27. The summed E-state index contributed by atoms with van der Waals surface area (Å²) in [7, 11) is 0. The van der Waals surface area contributed by atoms with Crippen LogP contribution in [0.1, 0.15) is 42.0 Å². The number of fused-ring (bicyclic) bond motifs is 1. The zero-order valence-electron chi connectivity index (χ0n) is 14.2. The van der Waals surface area contributed by atoms with Crippen molar-refractivity contribution in [2.75, 3.05) is 13.1 Å². The fourth-order valence-electron chi connectivity index (χ4n) is 3.72. The Morgan fingerprint density at radius 3 is 2.72 bits per heavy atom. The lowest BCUT2D eigenvalue weighted by Gasteiger charge is -2.31. The van der Waals surface area contributed by atoms with Crippen molar-refractivity contribution in [2.45, 2.75) is 32.2 Å². The summed E-state index contributed by atoms with van der Waals surface area (Å²) in [6.07, 6.45) is 1.61. The largest absolute Gasteiger partial charge is 0.340 e. The standard InChI is InChI=1S/C18H21N5O2/c1-2-23-14-6-4-3-5-13(14)11-15(23)17(24)22-9-7-12(8-10-22)16-19-18(25)21-20-16/h3-6,11-12H,2,7-10H2,1H3,(H2,19,20,21,25). The van der Waals surface area contributed by atoms with E-state index in [1.54, 1.807) is 0 Å². The first-order valence-electron chi connectivity index (χ1n) is 8.69. The van der Waals surface area contributed by atoms with E-state index >= 15 is 0 Å². The predicted octanol–water partition coefficient (Wildman–Crippen LogP) is 2.09. The number of hydrogen-bond acceptors (Lipinski definition) is 3. The van der Waals surface area contributed by atoms with Gasteiger partial charge >= 0.3 is 5.69 Å². The number of nitrogens with one attached hydrogen (secondary N) is 2. The molecule has 1 saturated heterocycles. The maximum Gasteiger partial charge on any atom is 0.340 e. The molecule has 0 saturated carbocycles. The Kier molecular flexibility index (Phi) is 3.91. The van der Waals surface area contributed by atoms with E-state index in [0.29, 0.717) is 18.9 Å². The molecule has 1 amide bonds. The average Bonchev–Trinajstić information content (AvgIpc) is 3.24. The lowest BCUT2D eigenvalue weighted by atomic mass is 9.96. The summed E-state index contributed by atoms with van der Waals surface area (Å²) in [6.45, 7) is 4.16. The van der Waals surface area contributed by atoms with Crippen LogP contribution < -0.4 is 5.69 Å². The number of benzene rings is 1. The van der Waals surface area contributed by atoms with Gasteiger partial charge in [0.05, 0.1) is 0 Å². The molecule has 25 heavy (non-hydrogen) atoms. The molecule has 1 aromatic carbocycles. The van der Waals surface area contributed by atoms with Crippen molar-refractivity contribution in [2.24, 2.45) is 0 Å². The second-order valence-electron chi connectivity index (χ2n) is 6.46. The van der Waals surface area contributed by atoms with Crippen molar-refractivity contribution >= 4 is 16.8 Å². The summed E-state index contributed by atoms with van der Waals surface area (Å²) in [5.41, 5.74) is 1.56. The Morgan fingerprint density at radius 1 is 1.28 bits per heavy atom. The summed E-state index contributed by atoms with van der Waals surface area (Å²) in [6, 6.07) is 10.1. The number of rotatable bonds is 3. The van der Waals surface area contributed by atoms with Crippen LogP contribution in [-0.2, 0) is 6.54 Å². The number of amides is 1. The number of H-pyrrole nitrogens is 2. The molecule has 1 aliphatic heterocycles. The average molecular weight is 339 g/mol. The van der Waals surface area contributed by atoms with Gasteiger partial charge < -0.3 is 9.47 Å². The Bertz CT molecular complexity index is 959. The summed E-state index contributed by atoms with van der Waals surface area (Å²) in [5.74, 6) is 0.965. The number of aromatic nitrogens is 4. The molecule has 0 spiro atoms.